The van der Waals surface area contributed by atoms with Gasteiger partial charge in [-0.25, -0.2) is 0 Å². The van der Waals surface area contributed by atoms with Gasteiger partial charge >= 0.3 is 0 Å². The second-order valence-corrected chi connectivity index (χ2v) is 2.71. The Labute approximate surface area is 77.8 Å². The van der Waals surface area contributed by atoms with E-state index >= 15 is 0 Å². The number of hydrogen-bond donors (Lipinski definition) is 0. The number of rotatable bonds is 8. The van der Waals surface area contributed by atoms with Gasteiger partial charge in [0.2, 0.25) is 0 Å². The summed E-state index contributed by atoms with van der Waals surface area (Å²) in [7, 11) is 0. The first-order valence-corrected chi connectivity index (χ1v) is 4.76. The lowest BCUT2D eigenvalue weighted by molar-refractivity contribution is 0.0540. The number of alkyl halides is 2. The Morgan fingerprint density at radius 2 is 1.36 bits per heavy atom. The fourth-order valence-corrected chi connectivity index (χ4v) is 0.751. The summed E-state index contributed by atoms with van der Waals surface area (Å²) < 4.78 is 10.2. The maximum atomic E-state index is 5.44. The summed E-state index contributed by atoms with van der Waals surface area (Å²) in [6.07, 6.45) is 0.900. The van der Waals surface area contributed by atoms with E-state index in [0.29, 0.717) is 38.2 Å². The molecule has 0 amide bonds. The summed E-state index contributed by atoms with van der Waals surface area (Å²) in [6.45, 7) is 2.57. The van der Waals surface area contributed by atoms with Gasteiger partial charge in [0.1, 0.15) is 0 Å². The molecule has 0 aromatic rings. The van der Waals surface area contributed by atoms with Crippen LogP contribution in [0.4, 0.5) is 0 Å². The van der Waals surface area contributed by atoms with Gasteiger partial charge in [0, 0.05) is 18.4 Å². The molecule has 11 heavy (non-hydrogen) atoms. The van der Waals surface area contributed by atoms with Gasteiger partial charge in [-0.3, -0.25) is 0 Å². The molecule has 0 atom stereocenters. The lowest BCUT2D eigenvalue weighted by atomic mass is 10.5. The molecule has 0 aliphatic rings. The van der Waals surface area contributed by atoms with E-state index in [1.54, 1.807) is 0 Å². The summed E-state index contributed by atoms with van der Waals surface area (Å²) in [5.74, 6) is 1.20. The molecule has 0 N–H and O–H groups in total. The molecule has 0 unspecified atom stereocenters. The maximum absolute atomic E-state index is 5.44. The topological polar surface area (TPSA) is 18.5 Å². The van der Waals surface area contributed by atoms with Crippen LogP contribution >= 0.6 is 23.2 Å². The third-order valence-corrected chi connectivity index (χ3v) is 1.44. The number of ether oxygens (including phenoxy) is 2. The molecule has 0 aromatic carbocycles. The van der Waals surface area contributed by atoms with Gasteiger partial charge in [-0.15, -0.1) is 23.2 Å². The molecule has 0 saturated carbocycles. The van der Waals surface area contributed by atoms with Crippen LogP contribution in [0.15, 0.2) is 0 Å². The van der Waals surface area contributed by atoms with Crippen molar-refractivity contribution in [3.05, 3.63) is 0 Å². The van der Waals surface area contributed by atoms with Crippen LogP contribution in [0, 0.1) is 0 Å². The van der Waals surface area contributed by atoms with Crippen LogP contribution in [0.25, 0.3) is 0 Å². The Balaban J connectivity index is 2.69. The molecule has 0 rings (SSSR count). The predicted molar refractivity (Wildman–Crippen MR) is 47.7 cm³/mol. The van der Waals surface area contributed by atoms with Crippen molar-refractivity contribution >= 4 is 23.2 Å². The van der Waals surface area contributed by atoms with Crippen molar-refractivity contribution in [2.45, 2.75) is 6.42 Å². The molecule has 0 radical (unpaired) electrons. The van der Waals surface area contributed by atoms with E-state index in [4.69, 9.17) is 32.7 Å². The SMILES string of the molecule is ClCCCOCCOCCCl. The van der Waals surface area contributed by atoms with Gasteiger partial charge in [0.25, 0.3) is 0 Å². The average molecular weight is 201 g/mol. The minimum atomic E-state index is 0.543. The van der Waals surface area contributed by atoms with E-state index in [0.717, 1.165) is 6.42 Å². The quantitative estimate of drug-likeness (QED) is 0.441. The summed E-state index contributed by atoms with van der Waals surface area (Å²) in [4.78, 5) is 0. The molecule has 0 spiro atoms. The summed E-state index contributed by atoms with van der Waals surface area (Å²) >= 11 is 10.8. The average Bonchev–Trinajstić information content (AvgIpc) is 2.03. The van der Waals surface area contributed by atoms with Crippen LogP contribution in [-0.2, 0) is 9.47 Å². The molecular weight excluding hydrogens is 187 g/mol. The highest BCUT2D eigenvalue weighted by Crippen LogP contribution is 1.86. The first-order valence-electron chi connectivity index (χ1n) is 3.69. The minimum absolute atomic E-state index is 0.543. The van der Waals surface area contributed by atoms with Crippen molar-refractivity contribution in [3.8, 4) is 0 Å². The predicted octanol–water partition coefficient (Wildman–Crippen LogP) is 1.89. The molecule has 68 valence electrons. The van der Waals surface area contributed by atoms with E-state index in [1.165, 1.54) is 0 Å². The van der Waals surface area contributed by atoms with E-state index in [9.17, 15) is 0 Å². The van der Waals surface area contributed by atoms with Crippen molar-refractivity contribution in [3.63, 3.8) is 0 Å². The molecule has 0 aliphatic carbocycles. The summed E-state index contributed by atoms with van der Waals surface area (Å²) in [5.41, 5.74) is 0. The van der Waals surface area contributed by atoms with Gasteiger partial charge in [0.15, 0.2) is 0 Å². The molecule has 4 heteroatoms. The van der Waals surface area contributed by atoms with Crippen LogP contribution < -0.4 is 0 Å². The fourth-order valence-electron chi connectivity index (χ4n) is 0.533. The highest BCUT2D eigenvalue weighted by Gasteiger charge is 1.88. The van der Waals surface area contributed by atoms with Crippen molar-refractivity contribution in [1.82, 2.24) is 0 Å². The number of halogens is 2. The fraction of sp³-hybridized carbons (Fsp3) is 1.00. The zero-order valence-corrected chi connectivity index (χ0v) is 8.03. The molecule has 0 bridgehead atoms. The molecule has 0 heterocycles. The van der Waals surface area contributed by atoms with Crippen LogP contribution in [0.5, 0.6) is 0 Å². The highest BCUT2D eigenvalue weighted by atomic mass is 35.5. The molecule has 2 nitrogen and oxygen atoms in total. The van der Waals surface area contributed by atoms with Crippen molar-refractivity contribution in [1.29, 1.82) is 0 Å². The molecule has 0 fully saturated rings. The Bertz CT molecular complexity index is 63.5. The largest absolute Gasteiger partial charge is 0.379 e. The van der Waals surface area contributed by atoms with Crippen LogP contribution in [0.3, 0.4) is 0 Å². The van der Waals surface area contributed by atoms with Crippen molar-refractivity contribution in [2.75, 3.05) is 38.2 Å². The van der Waals surface area contributed by atoms with E-state index in [1.807, 2.05) is 0 Å². The van der Waals surface area contributed by atoms with Gasteiger partial charge in [-0.05, 0) is 6.42 Å². The molecule has 0 saturated heterocycles. The van der Waals surface area contributed by atoms with Gasteiger partial charge in [-0.2, -0.15) is 0 Å². The Morgan fingerprint density at radius 3 is 1.91 bits per heavy atom. The second kappa shape index (κ2) is 10.5. The van der Waals surface area contributed by atoms with E-state index < -0.39 is 0 Å². The standard InChI is InChI=1S/C7H14Cl2O2/c8-2-1-4-10-6-7-11-5-3-9/h1-7H2. The Hall–Kier alpha value is 0.500. The Kier molecular flexibility index (Phi) is 11.0. The first-order chi connectivity index (χ1) is 5.41. The van der Waals surface area contributed by atoms with E-state index in [2.05, 4.69) is 0 Å². The lowest BCUT2D eigenvalue weighted by Crippen LogP contribution is -2.06. The van der Waals surface area contributed by atoms with Crippen LogP contribution in [-0.4, -0.2) is 38.2 Å². The monoisotopic (exact) mass is 200 g/mol. The maximum Gasteiger partial charge on any atom is 0.0701 e. The number of hydrogen-bond acceptors (Lipinski definition) is 2. The zero-order valence-electron chi connectivity index (χ0n) is 6.52. The first kappa shape index (κ1) is 11.5. The van der Waals surface area contributed by atoms with Gasteiger partial charge in [-0.1, -0.05) is 0 Å². The summed E-state index contributed by atoms with van der Waals surface area (Å²) in [5, 5.41) is 0. The molecule has 0 aliphatic heterocycles. The van der Waals surface area contributed by atoms with Crippen molar-refractivity contribution in [2.24, 2.45) is 0 Å². The van der Waals surface area contributed by atoms with Crippen LogP contribution in [0.1, 0.15) is 6.42 Å². The molecule has 0 aromatic heterocycles. The third-order valence-electron chi connectivity index (χ3n) is 1.02. The normalized spacial score (nSPS) is 10.4. The molecular formula is C7H14Cl2O2. The van der Waals surface area contributed by atoms with Gasteiger partial charge in [0.05, 0.1) is 19.8 Å². The summed E-state index contributed by atoms with van der Waals surface area (Å²) in [6, 6.07) is 0. The second-order valence-electron chi connectivity index (χ2n) is 1.96. The lowest BCUT2D eigenvalue weighted by Gasteiger charge is -2.02. The van der Waals surface area contributed by atoms with Crippen LogP contribution in [0.2, 0.25) is 0 Å². The highest BCUT2D eigenvalue weighted by molar-refractivity contribution is 6.18. The smallest absolute Gasteiger partial charge is 0.0701 e. The Morgan fingerprint density at radius 1 is 0.727 bits per heavy atom. The minimum Gasteiger partial charge on any atom is -0.379 e. The zero-order chi connectivity index (χ0) is 8.36. The van der Waals surface area contributed by atoms with Gasteiger partial charge < -0.3 is 9.47 Å². The third kappa shape index (κ3) is 10.5. The van der Waals surface area contributed by atoms with Crippen molar-refractivity contribution < 1.29 is 9.47 Å². The van der Waals surface area contributed by atoms with E-state index in [-0.39, 0.29) is 0 Å².